The average molecular weight is 250 g/mol. The summed E-state index contributed by atoms with van der Waals surface area (Å²) >= 11 is 0. The predicted octanol–water partition coefficient (Wildman–Crippen LogP) is 1.28. The summed E-state index contributed by atoms with van der Waals surface area (Å²) in [5, 5.41) is 9.66. The fourth-order valence-electron chi connectivity index (χ4n) is 1.90. The van der Waals surface area contributed by atoms with Gasteiger partial charge in [0.2, 0.25) is 0 Å². The van der Waals surface area contributed by atoms with E-state index in [2.05, 4.69) is 4.98 Å². The summed E-state index contributed by atoms with van der Waals surface area (Å²) in [5.41, 5.74) is -0.590. The number of ether oxygens (including phenoxy) is 1. The SMILES string of the molecule is CCOC(=O)c1cnc2n(c1=O)C(C)CC=C2O. The monoisotopic (exact) mass is 250 g/mol. The first-order valence-electron chi connectivity index (χ1n) is 5.74. The minimum Gasteiger partial charge on any atom is -0.504 e. The Kier molecular flexibility index (Phi) is 3.18. The van der Waals surface area contributed by atoms with E-state index >= 15 is 0 Å². The van der Waals surface area contributed by atoms with Gasteiger partial charge in [-0.25, -0.2) is 9.78 Å². The van der Waals surface area contributed by atoms with Gasteiger partial charge >= 0.3 is 5.97 Å². The molecular formula is C12H14N2O4. The Hall–Kier alpha value is -2.11. The van der Waals surface area contributed by atoms with Crippen molar-refractivity contribution >= 4 is 11.7 Å². The van der Waals surface area contributed by atoms with E-state index in [0.29, 0.717) is 6.42 Å². The lowest BCUT2D eigenvalue weighted by atomic mass is 10.1. The molecule has 2 heterocycles. The summed E-state index contributed by atoms with van der Waals surface area (Å²) in [7, 11) is 0. The first kappa shape index (κ1) is 12.3. The Morgan fingerprint density at radius 1 is 1.67 bits per heavy atom. The lowest BCUT2D eigenvalue weighted by Crippen LogP contribution is -2.33. The van der Waals surface area contributed by atoms with Crippen LogP contribution in [0, 0.1) is 0 Å². The number of aliphatic hydroxyl groups excluding tert-OH is 1. The molecular weight excluding hydrogens is 236 g/mol. The van der Waals surface area contributed by atoms with Gasteiger partial charge < -0.3 is 9.84 Å². The second-order valence-electron chi connectivity index (χ2n) is 4.07. The van der Waals surface area contributed by atoms with Crippen molar-refractivity contribution in [3.05, 3.63) is 34.0 Å². The summed E-state index contributed by atoms with van der Waals surface area (Å²) in [6.07, 6.45) is 3.28. The van der Waals surface area contributed by atoms with Crippen LogP contribution in [0.25, 0.3) is 5.76 Å². The molecule has 0 saturated carbocycles. The Morgan fingerprint density at radius 3 is 3.06 bits per heavy atom. The molecule has 2 rings (SSSR count). The van der Waals surface area contributed by atoms with Crippen LogP contribution in [0.15, 0.2) is 17.1 Å². The summed E-state index contributed by atoms with van der Waals surface area (Å²) < 4.78 is 6.11. The van der Waals surface area contributed by atoms with Crippen LogP contribution in [-0.2, 0) is 4.74 Å². The van der Waals surface area contributed by atoms with Crippen molar-refractivity contribution in [2.75, 3.05) is 6.61 Å². The number of esters is 1. The van der Waals surface area contributed by atoms with Gasteiger partial charge in [0, 0.05) is 12.2 Å². The highest BCUT2D eigenvalue weighted by atomic mass is 16.5. The molecule has 96 valence electrons. The molecule has 0 fully saturated rings. The van der Waals surface area contributed by atoms with E-state index in [9.17, 15) is 14.7 Å². The van der Waals surface area contributed by atoms with Crippen LogP contribution >= 0.6 is 0 Å². The molecule has 6 nitrogen and oxygen atoms in total. The van der Waals surface area contributed by atoms with E-state index in [-0.39, 0.29) is 29.8 Å². The lowest BCUT2D eigenvalue weighted by molar-refractivity contribution is 0.0522. The highest BCUT2D eigenvalue weighted by molar-refractivity contribution is 5.88. The summed E-state index contributed by atoms with van der Waals surface area (Å²) in [4.78, 5) is 27.7. The number of carbonyl (C=O) groups is 1. The van der Waals surface area contributed by atoms with E-state index in [1.165, 1.54) is 4.57 Å². The minimum absolute atomic E-state index is 0.0411. The van der Waals surface area contributed by atoms with Gasteiger partial charge in [-0.2, -0.15) is 0 Å². The van der Waals surface area contributed by atoms with Crippen LogP contribution in [0.1, 0.15) is 42.5 Å². The van der Waals surface area contributed by atoms with Crippen molar-refractivity contribution in [3.8, 4) is 0 Å². The molecule has 1 atom stereocenters. The first-order chi connectivity index (χ1) is 8.56. The van der Waals surface area contributed by atoms with E-state index < -0.39 is 11.5 Å². The normalized spacial score (nSPS) is 17.9. The number of rotatable bonds is 2. The Labute approximate surface area is 104 Å². The number of carbonyl (C=O) groups excluding carboxylic acids is 1. The van der Waals surface area contributed by atoms with Gasteiger partial charge in [-0.1, -0.05) is 0 Å². The van der Waals surface area contributed by atoms with Crippen molar-refractivity contribution < 1.29 is 14.6 Å². The Balaban J connectivity index is 2.57. The zero-order chi connectivity index (χ0) is 13.3. The summed E-state index contributed by atoms with van der Waals surface area (Å²) in [5.74, 6) is -0.543. The molecule has 0 bridgehead atoms. The van der Waals surface area contributed by atoms with Gasteiger partial charge in [-0.3, -0.25) is 9.36 Å². The number of nitrogens with zero attached hydrogens (tertiary/aromatic N) is 2. The maximum absolute atomic E-state index is 12.2. The maximum Gasteiger partial charge on any atom is 0.345 e. The molecule has 0 spiro atoms. The molecule has 1 unspecified atom stereocenters. The molecule has 6 heteroatoms. The fourth-order valence-corrected chi connectivity index (χ4v) is 1.90. The molecule has 0 aromatic carbocycles. The van der Waals surface area contributed by atoms with Crippen LogP contribution in [0.3, 0.4) is 0 Å². The van der Waals surface area contributed by atoms with Gasteiger partial charge in [0.05, 0.1) is 6.61 Å². The topological polar surface area (TPSA) is 81.4 Å². The largest absolute Gasteiger partial charge is 0.504 e. The van der Waals surface area contributed by atoms with Crippen molar-refractivity contribution in [3.63, 3.8) is 0 Å². The third-order valence-corrected chi connectivity index (χ3v) is 2.81. The Bertz CT molecular complexity index is 574. The average Bonchev–Trinajstić information content (AvgIpc) is 2.34. The van der Waals surface area contributed by atoms with Crippen LogP contribution < -0.4 is 5.56 Å². The predicted molar refractivity (Wildman–Crippen MR) is 64.4 cm³/mol. The molecule has 1 N–H and O–H groups in total. The molecule has 0 aliphatic carbocycles. The number of fused-ring (bicyclic) bond motifs is 1. The van der Waals surface area contributed by atoms with Gasteiger partial charge in [0.15, 0.2) is 11.6 Å². The fraction of sp³-hybridized carbons (Fsp3) is 0.417. The number of hydrogen-bond acceptors (Lipinski definition) is 5. The van der Waals surface area contributed by atoms with E-state index in [1.54, 1.807) is 13.0 Å². The maximum atomic E-state index is 12.2. The third kappa shape index (κ3) is 1.90. The smallest absolute Gasteiger partial charge is 0.345 e. The third-order valence-electron chi connectivity index (χ3n) is 2.81. The van der Waals surface area contributed by atoms with Crippen LogP contribution in [-0.4, -0.2) is 27.2 Å². The standard InChI is InChI=1S/C12H14N2O4/c1-3-18-12(17)8-6-13-10-9(15)5-4-7(2)14(10)11(8)16/h5-7,15H,3-4H2,1-2H3. The summed E-state index contributed by atoms with van der Waals surface area (Å²) in [6, 6.07) is -0.148. The van der Waals surface area contributed by atoms with Crippen molar-refractivity contribution in [1.29, 1.82) is 0 Å². The molecule has 18 heavy (non-hydrogen) atoms. The second-order valence-corrected chi connectivity index (χ2v) is 4.07. The number of hydrogen-bond donors (Lipinski definition) is 1. The number of allylic oxidation sites excluding steroid dienone is 1. The van der Waals surface area contributed by atoms with Crippen LogP contribution in [0.2, 0.25) is 0 Å². The summed E-state index contributed by atoms with van der Waals surface area (Å²) in [6.45, 7) is 3.68. The van der Waals surface area contributed by atoms with Crippen LogP contribution in [0.5, 0.6) is 0 Å². The second kappa shape index (κ2) is 4.64. The highest BCUT2D eigenvalue weighted by Crippen LogP contribution is 2.22. The molecule has 0 amide bonds. The van der Waals surface area contributed by atoms with Crippen LogP contribution in [0.4, 0.5) is 0 Å². The Morgan fingerprint density at radius 2 is 2.39 bits per heavy atom. The molecule has 1 aliphatic rings. The molecule has 0 saturated heterocycles. The zero-order valence-corrected chi connectivity index (χ0v) is 10.2. The first-order valence-corrected chi connectivity index (χ1v) is 5.74. The zero-order valence-electron chi connectivity index (χ0n) is 10.2. The van der Waals surface area contributed by atoms with Gasteiger partial charge in [-0.05, 0) is 26.3 Å². The van der Waals surface area contributed by atoms with Crippen molar-refractivity contribution in [2.45, 2.75) is 26.3 Å². The minimum atomic E-state index is -0.688. The molecule has 1 aliphatic heterocycles. The van der Waals surface area contributed by atoms with Gasteiger partial charge in [0.1, 0.15) is 5.56 Å². The van der Waals surface area contributed by atoms with E-state index in [4.69, 9.17) is 4.74 Å². The van der Waals surface area contributed by atoms with Gasteiger partial charge in [-0.15, -0.1) is 0 Å². The molecule has 1 aromatic heterocycles. The lowest BCUT2D eigenvalue weighted by Gasteiger charge is -2.21. The quantitative estimate of drug-likeness (QED) is 0.800. The van der Waals surface area contributed by atoms with Gasteiger partial charge in [0.25, 0.3) is 5.56 Å². The molecule has 0 radical (unpaired) electrons. The van der Waals surface area contributed by atoms with E-state index in [1.807, 2.05) is 6.92 Å². The highest BCUT2D eigenvalue weighted by Gasteiger charge is 2.24. The molecule has 1 aromatic rings. The van der Waals surface area contributed by atoms with Crippen molar-refractivity contribution in [2.24, 2.45) is 0 Å². The number of aromatic nitrogens is 2. The van der Waals surface area contributed by atoms with Crippen molar-refractivity contribution in [1.82, 2.24) is 9.55 Å². The van der Waals surface area contributed by atoms with E-state index in [0.717, 1.165) is 6.20 Å². The number of aliphatic hydroxyl groups is 1.